The summed E-state index contributed by atoms with van der Waals surface area (Å²) in [5.74, 6) is 5.63. The standard InChI is InChI=1S/C13H16Cl2N4/c1-2-19-8-10(7-17-19)13(18-16)6-9-3-4-11(14)12(15)5-9/h3-5,7-8,13,18H,2,6,16H2,1H3. The van der Waals surface area contributed by atoms with E-state index in [4.69, 9.17) is 29.0 Å². The highest BCUT2D eigenvalue weighted by Crippen LogP contribution is 2.25. The Morgan fingerprint density at radius 2 is 2.16 bits per heavy atom. The maximum atomic E-state index is 6.01. The van der Waals surface area contributed by atoms with E-state index >= 15 is 0 Å². The first-order chi connectivity index (χ1) is 9.13. The van der Waals surface area contributed by atoms with Crippen molar-refractivity contribution in [3.63, 3.8) is 0 Å². The van der Waals surface area contributed by atoms with Crippen LogP contribution in [0.4, 0.5) is 0 Å². The van der Waals surface area contributed by atoms with Gasteiger partial charge >= 0.3 is 0 Å². The van der Waals surface area contributed by atoms with Gasteiger partial charge in [-0.15, -0.1) is 0 Å². The van der Waals surface area contributed by atoms with Crippen molar-refractivity contribution in [3.8, 4) is 0 Å². The molecular weight excluding hydrogens is 283 g/mol. The first-order valence-corrected chi connectivity index (χ1v) is 6.82. The van der Waals surface area contributed by atoms with E-state index in [9.17, 15) is 0 Å². The summed E-state index contributed by atoms with van der Waals surface area (Å²) in [4.78, 5) is 0. The normalized spacial score (nSPS) is 12.6. The summed E-state index contributed by atoms with van der Waals surface area (Å²) in [5, 5.41) is 5.36. The molecule has 3 N–H and O–H groups in total. The predicted molar refractivity (Wildman–Crippen MR) is 78.1 cm³/mol. The molecule has 0 saturated carbocycles. The van der Waals surface area contributed by atoms with E-state index in [-0.39, 0.29) is 6.04 Å². The third-order valence-corrected chi connectivity index (χ3v) is 3.74. The van der Waals surface area contributed by atoms with Crippen LogP contribution in [0, 0.1) is 0 Å². The second-order valence-electron chi connectivity index (χ2n) is 4.30. The Morgan fingerprint density at radius 1 is 1.37 bits per heavy atom. The lowest BCUT2D eigenvalue weighted by Gasteiger charge is -2.14. The smallest absolute Gasteiger partial charge is 0.0595 e. The summed E-state index contributed by atoms with van der Waals surface area (Å²) >= 11 is 11.9. The fourth-order valence-corrected chi connectivity index (χ4v) is 2.23. The minimum absolute atomic E-state index is 0.00228. The van der Waals surface area contributed by atoms with Crippen LogP contribution < -0.4 is 11.3 Å². The number of aromatic nitrogens is 2. The third kappa shape index (κ3) is 3.48. The van der Waals surface area contributed by atoms with E-state index in [1.54, 1.807) is 6.07 Å². The molecule has 102 valence electrons. The Balaban J connectivity index is 2.16. The minimum atomic E-state index is -0.00228. The van der Waals surface area contributed by atoms with Crippen molar-refractivity contribution in [3.05, 3.63) is 51.8 Å². The summed E-state index contributed by atoms with van der Waals surface area (Å²) in [5.41, 5.74) is 4.93. The number of nitrogens with one attached hydrogen (secondary N) is 1. The van der Waals surface area contributed by atoms with Crippen LogP contribution >= 0.6 is 23.2 Å². The van der Waals surface area contributed by atoms with Gasteiger partial charge in [0, 0.05) is 18.3 Å². The minimum Gasteiger partial charge on any atom is -0.273 e. The lowest BCUT2D eigenvalue weighted by Crippen LogP contribution is -2.29. The molecule has 19 heavy (non-hydrogen) atoms. The lowest BCUT2D eigenvalue weighted by molar-refractivity contribution is 0.550. The van der Waals surface area contributed by atoms with Gasteiger partial charge < -0.3 is 0 Å². The number of rotatable bonds is 5. The second-order valence-corrected chi connectivity index (χ2v) is 5.12. The molecule has 2 aromatic rings. The first kappa shape index (κ1) is 14.3. The molecule has 2 rings (SSSR count). The summed E-state index contributed by atoms with van der Waals surface area (Å²) in [6, 6.07) is 5.60. The molecular formula is C13H16Cl2N4. The molecule has 1 atom stereocenters. The Labute approximate surface area is 122 Å². The highest BCUT2D eigenvalue weighted by molar-refractivity contribution is 6.42. The van der Waals surface area contributed by atoms with Crippen LogP contribution in [-0.4, -0.2) is 9.78 Å². The molecule has 0 spiro atoms. The van der Waals surface area contributed by atoms with Gasteiger partial charge in [-0.25, -0.2) is 0 Å². The largest absolute Gasteiger partial charge is 0.273 e. The van der Waals surface area contributed by atoms with E-state index in [2.05, 4.69) is 10.5 Å². The fraction of sp³-hybridized carbons (Fsp3) is 0.308. The zero-order valence-electron chi connectivity index (χ0n) is 10.6. The molecule has 0 saturated heterocycles. The van der Waals surface area contributed by atoms with Gasteiger partial charge in [-0.3, -0.25) is 16.0 Å². The number of hydrogen-bond acceptors (Lipinski definition) is 3. The van der Waals surface area contributed by atoms with E-state index in [0.29, 0.717) is 10.0 Å². The van der Waals surface area contributed by atoms with Crippen molar-refractivity contribution < 1.29 is 0 Å². The summed E-state index contributed by atoms with van der Waals surface area (Å²) < 4.78 is 1.87. The molecule has 4 nitrogen and oxygen atoms in total. The Morgan fingerprint density at radius 3 is 2.74 bits per heavy atom. The monoisotopic (exact) mass is 298 g/mol. The highest BCUT2D eigenvalue weighted by Gasteiger charge is 2.13. The molecule has 0 bridgehead atoms. The van der Waals surface area contributed by atoms with Gasteiger partial charge in [-0.05, 0) is 31.0 Å². The van der Waals surface area contributed by atoms with E-state index in [1.165, 1.54) is 0 Å². The molecule has 0 amide bonds. The van der Waals surface area contributed by atoms with Crippen LogP contribution in [0.15, 0.2) is 30.6 Å². The predicted octanol–water partition coefficient (Wildman–Crippen LogP) is 2.96. The van der Waals surface area contributed by atoms with Crippen molar-refractivity contribution in [1.82, 2.24) is 15.2 Å². The SMILES string of the molecule is CCn1cc(C(Cc2ccc(Cl)c(Cl)c2)NN)cn1. The summed E-state index contributed by atoms with van der Waals surface area (Å²) in [6.07, 6.45) is 4.54. The van der Waals surface area contributed by atoms with E-state index in [1.807, 2.05) is 36.1 Å². The zero-order valence-corrected chi connectivity index (χ0v) is 12.1. The molecule has 1 aromatic carbocycles. The highest BCUT2D eigenvalue weighted by atomic mass is 35.5. The van der Waals surface area contributed by atoms with Crippen LogP contribution in [0.5, 0.6) is 0 Å². The van der Waals surface area contributed by atoms with Gasteiger partial charge in [-0.1, -0.05) is 29.3 Å². The fourth-order valence-electron chi connectivity index (χ4n) is 1.91. The number of aryl methyl sites for hydroxylation is 1. The average Bonchev–Trinajstić information content (AvgIpc) is 2.88. The average molecular weight is 299 g/mol. The molecule has 1 unspecified atom stereocenters. The molecule has 1 aromatic heterocycles. The molecule has 0 aliphatic carbocycles. The van der Waals surface area contributed by atoms with Gasteiger partial charge in [0.1, 0.15) is 0 Å². The van der Waals surface area contributed by atoms with E-state index < -0.39 is 0 Å². The molecule has 1 heterocycles. The van der Waals surface area contributed by atoms with Crippen molar-refractivity contribution >= 4 is 23.2 Å². The van der Waals surface area contributed by atoms with E-state index in [0.717, 1.165) is 24.1 Å². The Hall–Kier alpha value is -1.07. The summed E-state index contributed by atoms with van der Waals surface area (Å²) in [7, 11) is 0. The lowest BCUT2D eigenvalue weighted by atomic mass is 10.0. The van der Waals surface area contributed by atoms with Crippen LogP contribution in [0.2, 0.25) is 10.0 Å². The number of nitrogens with two attached hydrogens (primary N) is 1. The molecule has 6 heteroatoms. The number of hydrogen-bond donors (Lipinski definition) is 2. The summed E-state index contributed by atoms with van der Waals surface area (Å²) in [6.45, 7) is 2.88. The maximum Gasteiger partial charge on any atom is 0.0595 e. The second kappa shape index (κ2) is 6.39. The number of benzene rings is 1. The van der Waals surface area contributed by atoms with Gasteiger partial charge in [0.15, 0.2) is 0 Å². The Bertz CT molecular complexity index is 553. The van der Waals surface area contributed by atoms with Gasteiger partial charge in [0.2, 0.25) is 0 Å². The van der Waals surface area contributed by atoms with Gasteiger partial charge in [0.05, 0.1) is 22.3 Å². The maximum absolute atomic E-state index is 6.01. The van der Waals surface area contributed by atoms with Crippen molar-refractivity contribution in [2.75, 3.05) is 0 Å². The molecule has 0 fully saturated rings. The van der Waals surface area contributed by atoms with Gasteiger partial charge in [-0.2, -0.15) is 5.10 Å². The molecule has 0 aliphatic rings. The third-order valence-electron chi connectivity index (χ3n) is 3.00. The van der Waals surface area contributed by atoms with Crippen LogP contribution in [0.25, 0.3) is 0 Å². The first-order valence-electron chi connectivity index (χ1n) is 6.06. The quantitative estimate of drug-likeness (QED) is 0.659. The van der Waals surface area contributed by atoms with Crippen LogP contribution in [0.3, 0.4) is 0 Å². The topological polar surface area (TPSA) is 55.9 Å². The van der Waals surface area contributed by atoms with Crippen LogP contribution in [0.1, 0.15) is 24.1 Å². The van der Waals surface area contributed by atoms with Crippen molar-refractivity contribution in [2.45, 2.75) is 25.9 Å². The van der Waals surface area contributed by atoms with Crippen molar-refractivity contribution in [2.24, 2.45) is 5.84 Å². The number of hydrazine groups is 1. The molecule has 0 aliphatic heterocycles. The van der Waals surface area contributed by atoms with Gasteiger partial charge in [0.25, 0.3) is 0 Å². The molecule has 0 radical (unpaired) electrons. The number of halogens is 2. The Kier molecular flexibility index (Phi) is 4.82. The zero-order chi connectivity index (χ0) is 13.8. The van der Waals surface area contributed by atoms with Crippen molar-refractivity contribution in [1.29, 1.82) is 0 Å². The van der Waals surface area contributed by atoms with Crippen LogP contribution in [-0.2, 0) is 13.0 Å². The number of nitrogens with zero attached hydrogens (tertiary/aromatic N) is 2.